The summed E-state index contributed by atoms with van der Waals surface area (Å²) in [5.74, 6) is 4.12. The van der Waals surface area contributed by atoms with Crippen molar-refractivity contribution < 1.29 is 0 Å². The molecule has 2 saturated carbocycles. The van der Waals surface area contributed by atoms with Crippen LogP contribution in [0.5, 0.6) is 0 Å². The summed E-state index contributed by atoms with van der Waals surface area (Å²) in [7, 11) is 0. The summed E-state index contributed by atoms with van der Waals surface area (Å²) >= 11 is 6.20. The molecule has 6 atom stereocenters. The molecule has 24 heavy (non-hydrogen) atoms. The molecule has 5 rings (SSSR count). The maximum absolute atomic E-state index is 6.20. The highest BCUT2D eigenvalue weighted by molar-refractivity contribution is 6.29. The highest BCUT2D eigenvalue weighted by atomic mass is 35.5. The number of halogens is 1. The first-order valence-electron chi connectivity index (χ1n) is 9.91. The number of pyridine rings is 1. The van der Waals surface area contributed by atoms with Gasteiger partial charge in [0, 0.05) is 11.6 Å². The number of nitrogens with zero attached hydrogens (tertiary/aromatic N) is 1. The lowest BCUT2D eigenvalue weighted by atomic mass is 9.50. The molecule has 4 aliphatic rings. The van der Waals surface area contributed by atoms with Gasteiger partial charge in [0.15, 0.2) is 0 Å². The van der Waals surface area contributed by atoms with Crippen LogP contribution < -0.4 is 0 Å². The molecule has 1 aromatic rings. The second kappa shape index (κ2) is 5.34. The standard InChI is InChI=1S/C22H28ClN/c1-13-9-10-22(2)15(11-13)4-5-16-18-12-14-3-8-20(23)24-21(14)17(18)6-7-19(16)22/h3-4,8,13,16-19H,5-7,9-12H2,1-2H3. The molecule has 0 bridgehead atoms. The average Bonchev–Trinajstić information content (AvgIpc) is 2.93. The van der Waals surface area contributed by atoms with Gasteiger partial charge < -0.3 is 0 Å². The van der Waals surface area contributed by atoms with Crippen LogP contribution in [0, 0.1) is 29.1 Å². The molecule has 0 radical (unpaired) electrons. The Balaban J connectivity index is 1.49. The first kappa shape index (κ1) is 15.4. The molecule has 128 valence electrons. The third-order valence-corrected chi connectivity index (χ3v) is 8.28. The predicted molar refractivity (Wildman–Crippen MR) is 99.2 cm³/mol. The summed E-state index contributed by atoms with van der Waals surface area (Å²) in [6, 6.07) is 4.23. The highest BCUT2D eigenvalue weighted by Gasteiger charge is 2.53. The van der Waals surface area contributed by atoms with E-state index >= 15 is 0 Å². The van der Waals surface area contributed by atoms with Gasteiger partial charge in [-0.15, -0.1) is 0 Å². The SMILES string of the molecule is CC1CCC2(C)C(=CCC3C4Cc5ccc(Cl)nc5C4CCC32)C1. The Kier molecular flexibility index (Phi) is 3.43. The topological polar surface area (TPSA) is 12.9 Å². The fourth-order valence-electron chi connectivity index (χ4n) is 6.81. The Bertz CT molecular complexity index is 708. The number of aromatic nitrogens is 1. The maximum atomic E-state index is 6.20. The van der Waals surface area contributed by atoms with Gasteiger partial charge in [-0.1, -0.05) is 43.2 Å². The summed E-state index contributed by atoms with van der Waals surface area (Å²) in [5.41, 5.74) is 5.10. The van der Waals surface area contributed by atoms with Crippen LogP contribution in [0.25, 0.3) is 0 Å². The Hall–Kier alpha value is -0.820. The van der Waals surface area contributed by atoms with Gasteiger partial charge in [-0.05, 0) is 85.7 Å². The first-order chi connectivity index (χ1) is 11.6. The minimum atomic E-state index is 0.486. The summed E-state index contributed by atoms with van der Waals surface area (Å²) in [4.78, 5) is 4.73. The monoisotopic (exact) mass is 341 g/mol. The zero-order valence-corrected chi connectivity index (χ0v) is 15.6. The van der Waals surface area contributed by atoms with E-state index < -0.39 is 0 Å². The molecular weight excluding hydrogens is 314 g/mol. The van der Waals surface area contributed by atoms with Gasteiger partial charge in [0.2, 0.25) is 0 Å². The van der Waals surface area contributed by atoms with Gasteiger partial charge >= 0.3 is 0 Å². The number of fused-ring (bicyclic) bond motifs is 7. The van der Waals surface area contributed by atoms with Crippen LogP contribution in [0.3, 0.4) is 0 Å². The van der Waals surface area contributed by atoms with E-state index in [0.717, 1.165) is 23.7 Å². The summed E-state index contributed by atoms with van der Waals surface area (Å²) < 4.78 is 0. The Morgan fingerprint density at radius 2 is 2.00 bits per heavy atom. The zero-order valence-electron chi connectivity index (χ0n) is 14.9. The Morgan fingerprint density at radius 3 is 2.88 bits per heavy atom. The van der Waals surface area contributed by atoms with Gasteiger partial charge in [0.1, 0.15) is 5.15 Å². The van der Waals surface area contributed by atoms with Crippen LogP contribution in [0.2, 0.25) is 5.15 Å². The lowest BCUT2D eigenvalue weighted by Gasteiger charge is -2.55. The van der Waals surface area contributed by atoms with E-state index in [1.54, 1.807) is 5.57 Å². The fraction of sp³-hybridized carbons (Fsp3) is 0.682. The quantitative estimate of drug-likeness (QED) is 0.406. The summed E-state index contributed by atoms with van der Waals surface area (Å²) in [6.45, 7) is 5.03. The van der Waals surface area contributed by atoms with Gasteiger partial charge in [0.05, 0.1) is 0 Å². The van der Waals surface area contributed by atoms with Crippen molar-refractivity contribution in [3.63, 3.8) is 0 Å². The molecule has 1 heterocycles. The van der Waals surface area contributed by atoms with E-state index in [-0.39, 0.29) is 0 Å². The van der Waals surface area contributed by atoms with E-state index in [9.17, 15) is 0 Å². The Morgan fingerprint density at radius 1 is 1.12 bits per heavy atom. The van der Waals surface area contributed by atoms with Crippen LogP contribution in [-0.4, -0.2) is 4.98 Å². The third-order valence-electron chi connectivity index (χ3n) is 8.07. The Labute approximate surface area is 150 Å². The molecule has 2 fully saturated rings. The van der Waals surface area contributed by atoms with Crippen LogP contribution in [0.4, 0.5) is 0 Å². The summed E-state index contributed by atoms with van der Waals surface area (Å²) in [5, 5.41) is 0.676. The molecule has 6 unspecified atom stereocenters. The number of allylic oxidation sites excluding steroid dienone is 2. The van der Waals surface area contributed by atoms with Crippen molar-refractivity contribution in [2.45, 2.75) is 64.7 Å². The van der Waals surface area contributed by atoms with Crippen LogP contribution in [-0.2, 0) is 6.42 Å². The van der Waals surface area contributed by atoms with Gasteiger partial charge in [-0.2, -0.15) is 0 Å². The van der Waals surface area contributed by atoms with E-state index in [2.05, 4.69) is 26.0 Å². The van der Waals surface area contributed by atoms with Crippen LogP contribution in [0.1, 0.15) is 69.5 Å². The number of rotatable bonds is 0. The minimum Gasteiger partial charge on any atom is -0.241 e. The smallest absolute Gasteiger partial charge is 0.129 e. The number of hydrogen-bond acceptors (Lipinski definition) is 1. The van der Waals surface area contributed by atoms with Gasteiger partial charge in [0.25, 0.3) is 0 Å². The van der Waals surface area contributed by atoms with Crippen LogP contribution in [0.15, 0.2) is 23.8 Å². The first-order valence-corrected chi connectivity index (χ1v) is 10.3. The molecule has 0 saturated heterocycles. The molecule has 0 spiro atoms. The van der Waals surface area contributed by atoms with E-state index in [0.29, 0.717) is 16.5 Å². The molecule has 4 aliphatic carbocycles. The molecule has 2 heteroatoms. The van der Waals surface area contributed by atoms with Crippen molar-refractivity contribution >= 4 is 11.6 Å². The zero-order chi connectivity index (χ0) is 16.5. The third kappa shape index (κ3) is 2.09. The van der Waals surface area contributed by atoms with Crippen molar-refractivity contribution in [3.05, 3.63) is 40.2 Å². The van der Waals surface area contributed by atoms with Crippen molar-refractivity contribution in [2.24, 2.45) is 29.1 Å². The number of hydrogen-bond donors (Lipinski definition) is 0. The van der Waals surface area contributed by atoms with E-state index in [1.165, 1.54) is 56.2 Å². The van der Waals surface area contributed by atoms with Gasteiger partial charge in [-0.3, -0.25) is 0 Å². The van der Waals surface area contributed by atoms with E-state index in [1.807, 2.05) is 6.07 Å². The average molecular weight is 342 g/mol. The van der Waals surface area contributed by atoms with Gasteiger partial charge in [-0.25, -0.2) is 4.98 Å². The fourth-order valence-corrected chi connectivity index (χ4v) is 6.96. The lowest BCUT2D eigenvalue weighted by molar-refractivity contribution is 0.0209. The van der Waals surface area contributed by atoms with Crippen molar-refractivity contribution in [3.8, 4) is 0 Å². The largest absolute Gasteiger partial charge is 0.241 e. The lowest BCUT2D eigenvalue weighted by Crippen LogP contribution is -2.46. The molecule has 1 nitrogen and oxygen atoms in total. The molecule has 0 N–H and O–H groups in total. The molecular formula is C22H28ClN. The summed E-state index contributed by atoms with van der Waals surface area (Å²) in [6.07, 6.45) is 12.1. The van der Waals surface area contributed by atoms with Crippen LogP contribution >= 0.6 is 11.6 Å². The maximum Gasteiger partial charge on any atom is 0.129 e. The van der Waals surface area contributed by atoms with E-state index in [4.69, 9.17) is 16.6 Å². The van der Waals surface area contributed by atoms with Crippen molar-refractivity contribution in [2.75, 3.05) is 0 Å². The molecule has 0 aromatic carbocycles. The molecule has 1 aromatic heterocycles. The molecule has 0 amide bonds. The van der Waals surface area contributed by atoms with Crippen molar-refractivity contribution in [1.82, 2.24) is 4.98 Å². The minimum absolute atomic E-state index is 0.486. The second-order valence-electron chi connectivity index (χ2n) is 9.23. The van der Waals surface area contributed by atoms with Crippen molar-refractivity contribution in [1.29, 1.82) is 0 Å². The predicted octanol–water partition coefficient (Wildman–Crippen LogP) is 6.17. The normalized spacial score (nSPS) is 43.3. The highest BCUT2D eigenvalue weighted by Crippen LogP contribution is 2.62. The molecule has 0 aliphatic heterocycles. The second-order valence-corrected chi connectivity index (χ2v) is 9.62.